The van der Waals surface area contributed by atoms with Crippen LogP contribution in [-0.4, -0.2) is 13.1 Å². The number of rotatable bonds is 1. The van der Waals surface area contributed by atoms with Gasteiger partial charge in [0.15, 0.2) is 0 Å². The Morgan fingerprint density at radius 2 is 1.94 bits per heavy atom. The van der Waals surface area contributed by atoms with Crippen molar-refractivity contribution >= 4 is 12.4 Å². The summed E-state index contributed by atoms with van der Waals surface area (Å²) in [6, 6.07) is 3.48. The number of alkyl halides is 3. The Kier molecular flexibility index (Phi) is 4.38. The van der Waals surface area contributed by atoms with E-state index >= 15 is 0 Å². The predicted molar refractivity (Wildman–Crippen MR) is 58.9 cm³/mol. The second-order valence-corrected chi connectivity index (χ2v) is 3.90. The molecule has 0 saturated carbocycles. The molecule has 0 amide bonds. The lowest BCUT2D eigenvalue weighted by atomic mass is 9.95. The molecule has 1 aromatic rings. The van der Waals surface area contributed by atoms with Gasteiger partial charge in [-0.3, -0.25) is 0 Å². The van der Waals surface area contributed by atoms with E-state index < -0.39 is 17.6 Å². The lowest BCUT2D eigenvalue weighted by Crippen LogP contribution is -2.13. The molecule has 0 radical (unpaired) electrons. The van der Waals surface area contributed by atoms with E-state index in [1.54, 1.807) is 0 Å². The van der Waals surface area contributed by atoms with Crippen LogP contribution < -0.4 is 5.32 Å². The minimum absolute atomic E-state index is 0. The van der Waals surface area contributed by atoms with Crippen molar-refractivity contribution in [3.05, 3.63) is 35.1 Å². The number of nitrogens with one attached hydrogen (secondary N) is 1. The van der Waals surface area contributed by atoms with Crippen molar-refractivity contribution in [2.24, 2.45) is 0 Å². The molecule has 1 aromatic carbocycles. The molecule has 1 fully saturated rings. The fourth-order valence-electron chi connectivity index (χ4n) is 2.00. The predicted octanol–water partition coefficient (Wildman–Crippen LogP) is 3.34. The molecule has 1 nitrogen and oxygen atoms in total. The Morgan fingerprint density at radius 1 is 1.24 bits per heavy atom. The van der Waals surface area contributed by atoms with Gasteiger partial charge in [-0.1, -0.05) is 12.1 Å². The van der Waals surface area contributed by atoms with Crippen LogP contribution in [0.15, 0.2) is 18.2 Å². The minimum Gasteiger partial charge on any atom is -0.316 e. The van der Waals surface area contributed by atoms with E-state index in [1.165, 1.54) is 12.1 Å². The molecule has 2 rings (SSSR count). The highest BCUT2D eigenvalue weighted by atomic mass is 35.5. The van der Waals surface area contributed by atoms with Crippen molar-refractivity contribution in [3.8, 4) is 0 Å². The van der Waals surface area contributed by atoms with E-state index in [4.69, 9.17) is 0 Å². The van der Waals surface area contributed by atoms with Crippen LogP contribution in [0.2, 0.25) is 0 Å². The SMILES string of the molecule is Cl.Fc1c(C2CCNC2)cccc1C(F)(F)F. The summed E-state index contributed by atoms with van der Waals surface area (Å²) in [6.07, 6.45) is -3.94. The van der Waals surface area contributed by atoms with E-state index in [0.717, 1.165) is 12.6 Å². The van der Waals surface area contributed by atoms with Crippen LogP contribution in [0.4, 0.5) is 17.6 Å². The van der Waals surface area contributed by atoms with Gasteiger partial charge >= 0.3 is 6.18 Å². The van der Waals surface area contributed by atoms with E-state index in [9.17, 15) is 17.6 Å². The highest BCUT2D eigenvalue weighted by Crippen LogP contribution is 2.35. The summed E-state index contributed by atoms with van der Waals surface area (Å²) >= 11 is 0. The molecule has 1 N–H and O–H groups in total. The van der Waals surface area contributed by atoms with Crippen LogP contribution in [0.1, 0.15) is 23.5 Å². The third-order valence-electron chi connectivity index (χ3n) is 2.83. The molecule has 0 aromatic heterocycles. The van der Waals surface area contributed by atoms with Gasteiger partial charge in [0.1, 0.15) is 5.82 Å². The molecule has 1 unspecified atom stereocenters. The van der Waals surface area contributed by atoms with E-state index in [1.807, 2.05) is 0 Å². The zero-order valence-corrected chi connectivity index (χ0v) is 9.67. The fraction of sp³-hybridized carbons (Fsp3) is 0.455. The van der Waals surface area contributed by atoms with Crippen LogP contribution in [0, 0.1) is 5.82 Å². The van der Waals surface area contributed by atoms with Gasteiger partial charge in [-0.05, 0) is 24.6 Å². The zero-order valence-electron chi connectivity index (χ0n) is 8.85. The summed E-state index contributed by atoms with van der Waals surface area (Å²) in [5, 5.41) is 3.01. The monoisotopic (exact) mass is 269 g/mol. The van der Waals surface area contributed by atoms with Gasteiger partial charge in [-0.25, -0.2) is 4.39 Å². The van der Waals surface area contributed by atoms with Gasteiger partial charge in [-0.15, -0.1) is 12.4 Å². The third kappa shape index (κ3) is 2.90. The van der Waals surface area contributed by atoms with Gasteiger partial charge in [0.2, 0.25) is 0 Å². The molecular weight excluding hydrogens is 258 g/mol. The van der Waals surface area contributed by atoms with Crippen LogP contribution in [0.5, 0.6) is 0 Å². The van der Waals surface area contributed by atoms with Crippen LogP contribution >= 0.6 is 12.4 Å². The molecule has 0 aliphatic carbocycles. The average molecular weight is 270 g/mol. The lowest BCUT2D eigenvalue weighted by molar-refractivity contribution is -0.140. The largest absolute Gasteiger partial charge is 0.419 e. The molecular formula is C11H12ClF4N. The molecule has 0 spiro atoms. The maximum Gasteiger partial charge on any atom is 0.419 e. The van der Waals surface area contributed by atoms with Crippen molar-refractivity contribution in [2.45, 2.75) is 18.5 Å². The standard InChI is InChI=1S/C11H11F4N.ClH/c12-10-8(7-4-5-16-6-7)2-1-3-9(10)11(13,14)15;/h1-3,7,16H,4-6H2;1H. The second kappa shape index (κ2) is 5.23. The smallest absolute Gasteiger partial charge is 0.316 e. The van der Waals surface area contributed by atoms with E-state index in [2.05, 4.69) is 5.32 Å². The van der Waals surface area contributed by atoms with Gasteiger partial charge in [0, 0.05) is 12.5 Å². The first-order chi connectivity index (χ1) is 7.50. The highest BCUT2D eigenvalue weighted by molar-refractivity contribution is 5.85. The summed E-state index contributed by atoms with van der Waals surface area (Å²) in [4.78, 5) is 0. The maximum absolute atomic E-state index is 13.7. The zero-order chi connectivity index (χ0) is 11.8. The Hall–Kier alpha value is -0.810. The topological polar surface area (TPSA) is 12.0 Å². The number of hydrogen-bond donors (Lipinski definition) is 1. The Balaban J connectivity index is 0.00000144. The maximum atomic E-state index is 13.7. The minimum atomic E-state index is -4.62. The Morgan fingerprint density at radius 3 is 2.47 bits per heavy atom. The molecule has 0 bridgehead atoms. The summed E-state index contributed by atoms with van der Waals surface area (Å²) in [7, 11) is 0. The fourth-order valence-corrected chi connectivity index (χ4v) is 2.00. The quantitative estimate of drug-likeness (QED) is 0.771. The van der Waals surface area contributed by atoms with E-state index in [-0.39, 0.29) is 23.9 Å². The van der Waals surface area contributed by atoms with Crippen molar-refractivity contribution in [2.75, 3.05) is 13.1 Å². The van der Waals surface area contributed by atoms with Crippen molar-refractivity contribution in [1.82, 2.24) is 5.32 Å². The van der Waals surface area contributed by atoms with Crippen LogP contribution in [0.25, 0.3) is 0 Å². The van der Waals surface area contributed by atoms with E-state index in [0.29, 0.717) is 13.0 Å². The molecule has 96 valence electrons. The lowest BCUT2D eigenvalue weighted by Gasteiger charge is -2.14. The van der Waals surface area contributed by atoms with Crippen LogP contribution in [0.3, 0.4) is 0 Å². The number of hydrogen-bond acceptors (Lipinski definition) is 1. The summed E-state index contributed by atoms with van der Waals surface area (Å²) in [5.41, 5.74) is -1.00. The molecule has 1 aliphatic rings. The molecule has 1 saturated heterocycles. The first kappa shape index (κ1) is 14.3. The first-order valence-corrected chi connectivity index (χ1v) is 5.06. The third-order valence-corrected chi connectivity index (χ3v) is 2.83. The molecule has 1 aliphatic heterocycles. The average Bonchev–Trinajstić information content (AvgIpc) is 2.69. The molecule has 1 atom stereocenters. The van der Waals surface area contributed by atoms with Gasteiger partial charge < -0.3 is 5.32 Å². The molecule has 1 heterocycles. The van der Waals surface area contributed by atoms with Crippen molar-refractivity contribution < 1.29 is 17.6 Å². The van der Waals surface area contributed by atoms with Crippen molar-refractivity contribution in [1.29, 1.82) is 0 Å². The Bertz CT molecular complexity index is 386. The van der Waals surface area contributed by atoms with Gasteiger partial charge in [-0.2, -0.15) is 13.2 Å². The second-order valence-electron chi connectivity index (χ2n) is 3.90. The normalized spacial score (nSPS) is 20.1. The summed E-state index contributed by atoms with van der Waals surface area (Å²) < 4.78 is 51.1. The van der Waals surface area contributed by atoms with Gasteiger partial charge in [0.05, 0.1) is 5.56 Å². The highest BCUT2D eigenvalue weighted by Gasteiger charge is 2.35. The first-order valence-electron chi connectivity index (χ1n) is 5.06. The molecule has 6 heteroatoms. The van der Waals surface area contributed by atoms with Crippen LogP contribution in [-0.2, 0) is 6.18 Å². The molecule has 17 heavy (non-hydrogen) atoms. The summed E-state index contributed by atoms with van der Waals surface area (Å²) in [5.74, 6) is -1.27. The summed E-state index contributed by atoms with van der Waals surface area (Å²) in [6.45, 7) is 1.26. The van der Waals surface area contributed by atoms with Crippen molar-refractivity contribution in [3.63, 3.8) is 0 Å². The number of halogens is 5. The number of benzene rings is 1. The Labute approximate surface area is 103 Å². The van der Waals surface area contributed by atoms with Gasteiger partial charge in [0.25, 0.3) is 0 Å².